The quantitative estimate of drug-likeness (QED) is 0.511. The number of para-hydroxylation sites is 2. The Hall–Kier alpha value is -4.07. The average Bonchev–Trinajstić information content (AvgIpc) is 2.74. The minimum atomic E-state index is -0.452. The zero-order valence-electron chi connectivity index (χ0n) is 15.0. The van der Waals surface area contributed by atoms with Crippen LogP contribution in [-0.2, 0) is 4.74 Å². The topological polar surface area (TPSA) is 102 Å². The van der Waals surface area contributed by atoms with Gasteiger partial charge in [-0.05, 0) is 24.3 Å². The molecule has 0 aliphatic carbocycles. The van der Waals surface area contributed by atoms with E-state index in [9.17, 15) is 4.79 Å². The molecule has 0 saturated heterocycles. The summed E-state index contributed by atoms with van der Waals surface area (Å²) in [6.45, 7) is 0. The van der Waals surface area contributed by atoms with Crippen LogP contribution in [0.25, 0.3) is 10.9 Å². The van der Waals surface area contributed by atoms with Crippen molar-refractivity contribution < 1.29 is 9.53 Å². The predicted molar refractivity (Wildman–Crippen MR) is 106 cm³/mol. The molecule has 0 spiro atoms. The number of pyridine rings is 1. The van der Waals surface area contributed by atoms with Crippen molar-refractivity contribution in [2.45, 2.75) is 0 Å². The Bertz CT molecular complexity index is 1140. The summed E-state index contributed by atoms with van der Waals surface area (Å²) in [6, 6.07) is 16.7. The SMILES string of the molecule is COC(=O)c1ccccc1Nc1nncc(Nc2cccc3cccnc23)n1. The molecule has 0 amide bonds. The second-order valence-electron chi connectivity index (χ2n) is 5.83. The summed E-state index contributed by atoms with van der Waals surface area (Å²) in [5, 5.41) is 15.2. The third-order valence-corrected chi connectivity index (χ3v) is 4.03. The fourth-order valence-electron chi connectivity index (χ4n) is 2.76. The lowest BCUT2D eigenvalue weighted by molar-refractivity contribution is 0.0602. The van der Waals surface area contributed by atoms with Crippen LogP contribution in [0.5, 0.6) is 0 Å². The second-order valence-corrected chi connectivity index (χ2v) is 5.83. The number of carbonyl (C=O) groups is 1. The lowest BCUT2D eigenvalue weighted by Crippen LogP contribution is -2.08. The van der Waals surface area contributed by atoms with Crippen molar-refractivity contribution in [3.8, 4) is 0 Å². The minimum Gasteiger partial charge on any atom is -0.465 e. The fraction of sp³-hybridized carbons (Fsp3) is 0.0500. The van der Waals surface area contributed by atoms with Crippen LogP contribution in [0.15, 0.2) is 67.0 Å². The highest BCUT2D eigenvalue weighted by Crippen LogP contribution is 2.24. The molecule has 2 aromatic carbocycles. The van der Waals surface area contributed by atoms with E-state index in [1.807, 2.05) is 30.3 Å². The molecule has 0 aliphatic heterocycles. The summed E-state index contributed by atoms with van der Waals surface area (Å²) in [6.07, 6.45) is 3.25. The van der Waals surface area contributed by atoms with Crippen molar-refractivity contribution in [3.63, 3.8) is 0 Å². The van der Waals surface area contributed by atoms with E-state index in [0.717, 1.165) is 16.6 Å². The van der Waals surface area contributed by atoms with Crippen LogP contribution in [0, 0.1) is 0 Å². The van der Waals surface area contributed by atoms with E-state index >= 15 is 0 Å². The summed E-state index contributed by atoms with van der Waals surface area (Å²) < 4.78 is 4.80. The summed E-state index contributed by atoms with van der Waals surface area (Å²) in [5.41, 5.74) is 2.54. The molecule has 0 atom stereocenters. The smallest absolute Gasteiger partial charge is 0.339 e. The Balaban J connectivity index is 1.62. The van der Waals surface area contributed by atoms with Crippen molar-refractivity contribution in [1.29, 1.82) is 0 Å². The van der Waals surface area contributed by atoms with Crippen molar-refractivity contribution in [2.75, 3.05) is 17.7 Å². The molecule has 2 aromatic heterocycles. The number of anilines is 4. The van der Waals surface area contributed by atoms with Crippen LogP contribution < -0.4 is 10.6 Å². The van der Waals surface area contributed by atoms with E-state index in [2.05, 4.69) is 30.8 Å². The maximum atomic E-state index is 11.9. The van der Waals surface area contributed by atoms with E-state index in [4.69, 9.17) is 4.74 Å². The Morgan fingerprint density at radius 3 is 2.68 bits per heavy atom. The molecule has 28 heavy (non-hydrogen) atoms. The summed E-state index contributed by atoms with van der Waals surface area (Å²) in [7, 11) is 1.33. The highest BCUT2D eigenvalue weighted by molar-refractivity contribution is 5.96. The van der Waals surface area contributed by atoms with Gasteiger partial charge in [-0.15, -0.1) is 5.10 Å². The number of fused-ring (bicyclic) bond motifs is 1. The van der Waals surface area contributed by atoms with E-state index in [0.29, 0.717) is 17.1 Å². The zero-order chi connectivity index (χ0) is 19.3. The van der Waals surface area contributed by atoms with Gasteiger partial charge in [0.2, 0.25) is 5.95 Å². The third kappa shape index (κ3) is 3.56. The van der Waals surface area contributed by atoms with E-state index in [1.165, 1.54) is 13.3 Å². The maximum absolute atomic E-state index is 11.9. The van der Waals surface area contributed by atoms with Gasteiger partial charge in [-0.2, -0.15) is 10.1 Å². The van der Waals surface area contributed by atoms with Crippen LogP contribution in [0.2, 0.25) is 0 Å². The van der Waals surface area contributed by atoms with Crippen LogP contribution in [-0.4, -0.2) is 33.2 Å². The summed E-state index contributed by atoms with van der Waals surface area (Å²) in [5.74, 6) is 0.285. The fourth-order valence-corrected chi connectivity index (χ4v) is 2.76. The van der Waals surface area contributed by atoms with Gasteiger partial charge in [0.05, 0.1) is 35.8 Å². The van der Waals surface area contributed by atoms with Crippen molar-refractivity contribution in [1.82, 2.24) is 20.2 Å². The summed E-state index contributed by atoms with van der Waals surface area (Å²) >= 11 is 0. The van der Waals surface area contributed by atoms with Gasteiger partial charge < -0.3 is 15.4 Å². The number of esters is 1. The molecule has 0 radical (unpaired) electrons. The molecule has 0 aliphatic rings. The zero-order valence-corrected chi connectivity index (χ0v) is 15.0. The molecule has 4 aromatic rings. The number of hydrogen-bond donors (Lipinski definition) is 2. The van der Waals surface area contributed by atoms with Gasteiger partial charge in [0, 0.05) is 11.6 Å². The Morgan fingerprint density at radius 2 is 1.79 bits per heavy atom. The predicted octanol–water partition coefficient (Wildman–Crippen LogP) is 3.69. The molecule has 138 valence electrons. The van der Waals surface area contributed by atoms with Gasteiger partial charge in [0.25, 0.3) is 0 Å². The van der Waals surface area contributed by atoms with Crippen molar-refractivity contribution >= 4 is 40.0 Å². The molecule has 8 heteroatoms. The van der Waals surface area contributed by atoms with Crippen LogP contribution in [0.4, 0.5) is 23.1 Å². The largest absolute Gasteiger partial charge is 0.465 e. The number of carbonyl (C=O) groups excluding carboxylic acids is 1. The van der Waals surface area contributed by atoms with Crippen molar-refractivity contribution in [3.05, 3.63) is 72.6 Å². The first-order valence-corrected chi connectivity index (χ1v) is 8.49. The monoisotopic (exact) mass is 372 g/mol. The normalized spacial score (nSPS) is 10.5. The van der Waals surface area contributed by atoms with Crippen molar-refractivity contribution in [2.24, 2.45) is 0 Å². The van der Waals surface area contributed by atoms with Gasteiger partial charge in [0.15, 0.2) is 5.82 Å². The second kappa shape index (κ2) is 7.67. The van der Waals surface area contributed by atoms with Crippen LogP contribution in [0.3, 0.4) is 0 Å². The number of benzene rings is 2. The number of methoxy groups -OCH3 is 1. The van der Waals surface area contributed by atoms with E-state index < -0.39 is 5.97 Å². The van der Waals surface area contributed by atoms with Gasteiger partial charge in [-0.3, -0.25) is 4.98 Å². The molecule has 8 nitrogen and oxygen atoms in total. The first-order valence-electron chi connectivity index (χ1n) is 8.49. The number of nitrogens with zero attached hydrogens (tertiary/aromatic N) is 4. The number of hydrogen-bond acceptors (Lipinski definition) is 8. The molecular formula is C20H16N6O2. The van der Waals surface area contributed by atoms with Gasteiger partial charge in [-0.1, -0.05) is 30.3 Å². The molecule has 2 N–H and O–H groups in total. The molecule has 0 bridgehead atoms. The lowest BCUT2D eigenvalue weighted by Gasteiger charge is -2.11. The molecule has 0 unspecified atom stereocenters. The standard InChI is InChI=1S/C20H16N6O2/c1-28-19(27)14-8-2-3-9-15(14)24-20-25-17(12-22-26-20)23-16-10-4-6-13-7-5-11-21-18(13)16/h2-12H,1H3,(H2,23,24,25,26). The minimum absolute atomic E-state index is 0.245. The van der Waals surface area contributed by atoms with E-state index in [1.54, 1.807) is 30.5 Å². The lowest BCUT2D eigenvalue weighted by atomic mass is 10.2. The number of aromatic nitrogens is 4. The Labute approximate surface area is 160 Å². The highest BCUT2D eigenvalue weighted by Gasteiger charge is 2.12. The maximum Gasteiger partial charge on any atom is 0.339 e. The summed E-state index contributed by atoms with van der Waals surface area (Å²) in [4.78, 5) is 20.8. The first-order chi connectivity index (χ1) is 13.7. The van der Waals surface area contributed by atoms with Gasteiger partial charge in [0.1, 0.15) is 0 Å². The first kappa shape index (κ1) is 17.3. The third-order valence-electron chi connectivity index (χ3n) is 4.03. The number of ether oxygens (including phenoxy) is 1. The highest BCUT2D eigenvalue weighted by atomic mass is 16.5. The Kier molecular flexibility index (Phi) is 4.75. The Morgan fingerprint density at radius 1 is 0.964 bits per heavy atom. The number of rotatable bonds is 5. The average molecular weight is 372 g/mol. The molecule has 0 fully saturated rings. The molecule has 4 rings (SSSR count). The number of nitrogens with one attached hydrogen (secondary N) is 2. The molecule has 0 saturated carbocycles. The molecule has 2 heterocycles. The van der Waals surface area contributed by atoms with E-state index in [-0.39, 0.29) is 5.95 Å². The molecular weight excluding hydrogens is 356 g/mol. The van der Waals surface area contributed by atoms with Gasteiger partial charge >= 0.3 is 5.97 Å². The van der Waals surface area contributed by atoms with Crippen LogP contribution >= 0.6 is 0 Å². The van der Waals surface area contributed by atoms with Crippen LogP contribution in [0.1, 0.15) is 10.4 Å². The van der Waals surface area contributed by atoms with Gasteiger partial charge in [-0.25, -0.2) is 4.79 Å².